The van der Waals surface area contributed by atoms with Crippen LogP contribution in [0.5, 0.6) is 5.75 Å². The number of benzene rings is 1. The van der Waals surface area contributed by atoms with Crippen molar-refractivity contribution in [2.24, 2.45) is 0 Å². The van der Waals surface area contributed by atoms with Crippen LogP contribution in [-0.2, 0) is 22.6 Å². The summed E-state index contributed by atoms with van der Waals surface area (Å²) in [6.45, 7) is 0.550. The summed E-state index contributed by atoms with van der Waals surface area (Å²) in [5, 5.41) is 0. The van der Waals surface area contributed by atoms with Crippen molar-refractivity contribution in [2.45, 2.75) is 19.4 Å². The number of halogens is 1. The number of carbonyl (C=O) groups excluding carboxylic acids is 1. The largest absolute Gasteiger partial charge is 0.467 e. The molecule has 1 aliphatic rings. The average molecular weight is 210 g/mol. The van der Waals surface area contributed by atoms with Gasteiger partial charge in [-0.3, -0.25) is 0 Å². The first-order valence-electron chi connectivity index (χ1n) is 4.76. The zero-order valence-corrected chi connectivity index (χ0v) is 8.16. The Morgan fingerprint density at radius 3 is 3.13 bits per heavy atom. The summed E-state index contributed by atoms with van der Waals surface area (Å²) in [5.41, 5.74) is 1.45. The maximum absolute atomic E-state index is 13.2. The zero-order chi connectivity index (χ0) is 10.7. The Morgan fingerprint density at radius 2 is 2.33 bits per heavy atom. The molecule has 1 aromatic carbocycles. The zero-order valence-electron chi connectivity index (χ0n) is 8.16. The monoisotopic (exact) mass is 210 g/mol. The summed E-state index contributed by atoms with van der Waals surface area (Å²) in [4.78, 5) is 10.3. The molecule has 15 heavy (non-hydrogen) atoms. The number of aldehydes is 1. The number of ether oxygens (including phenoxy) is 2. The van der Waals surface area contributed by atoms with Gasteiger partial charge >= 0.3 is 0 Å². The Hall–Kier alpha value is -1.42. The lowest BCUT2D eigenvalue weighted by Crippen LogP contribution is -2.13. The average Bonchev–Trinajstić information content (AvgIpc) is 2.25. The molecule has 2 rings (SSSR count). The minimum Gasteiger partial charge on any atom is -0.467 e. The van der Waals surface area contributed by atoms with E-state index in [2.05, 4.69) is 0 Å². The van der Waals surface area contributed by atoms with Crippen LogP contribution in [0.2, 0.25) is 0 Å². The Morgan fingerprint density at radius 1 is 1.47 bits per heavy atom. The van der Waals surface area contributed by atoms with Crippen LogP contribution in [-0.4, -0.2) is 13.1 Å². The van der Waals surface area contributed by atoms with E-state index in [1.54, 1.807) is 0 Å². The van der Waals surface area contributed by atoms with Gasteiger partial charge in [-0.25, -0.2) is 4.39 Å². The third kappa shape index (κ3) is 2.15. The van der Waals surface area contributed by atoms with Crippen molar-refractivity contribution in [3.8, 4) is 5.75 Å². The van der Waals surface area contributed by atoms with Crippen molar-refractivity contribution in [1.29, 1.82) is 0 Å². The highest BCUT2D eigenvalue weighted by Gasteiger charge is 2.16. The molecule has 1 aliphatic heterocycles. The summed E-state index contributed by atoms with van der Waals surface area (Å²) in [5.74, 6) is 0.355. The second-order valence-electron chi connectivity index (χ2n) is 3.37. The molecule has 0 bridgehead atoms. The smallest absolute Gasteiger partial charge is 0.189 e. The van der Waals surface area contributed by atoms with Crippen LogP contribution in [0.4, 0.5) is 4.39 Å². The Bertz CT molecular complexity index is 376. The third-order valence-corrected chi connectivity index (χ3v) is 2.28. The molecule has 0 aromatic heterocycles. The highest BCUT2D eigenvalue weighted by atomic mass is 19.1. The topological polar surface area (TPSA) is 35.5 Å². The fourth-order valence-corrected chi connectivity index (χ4v) is 1.66. The van der Waals surface area contributed by atoms with Crippen molar-refractivity contribution in [3.05, 3.63) is 29.1 Å². The second kappa shape index (κ2) is 4.40. The first-order valence-corrected chi connectivity index (χ1v) is 4.76. The van der Waals surface area contributed by atoms with Crippen molar-refractivity contribution in [2.75, 3.05) is 6.79 Å². The van der Waals surface area contributed by atoms with Gasteiger partial charge in [-0.1, -0.05) is 0 Å². The van der Waals surface area contributed by atoms with Gasteiger partial charge in [0.25, 0.3) is 0 Å². The molecule has 1 aromatic rings. The fraction of sp³-hybridized carbons (Fsp3) is 0.364. The number of rotatable bonds is 3. The van der Waals surface area contributed by atoms with Gasteiger partial charge in [0.15, 0.2) is 6.79 Å². The molecule has 0 atom stereocenters. The molecular weight excluding hydrogens is 199 g/mol. The Labute approximate surface area is 86.8 Å². The summed E-state index contributed by atoms with van der Waals surface area (Å²) >= 11 is 0. The Kier molecular flexibility index (Phi) is 2.97. The predicted octanol–water partition coefficient (Wildman–Crippen LogP) is 1.82. The van der Waals surface area contributed by atoms with Crippen LogP contribution in [0, 0.1) is 5.82 Å². The molecule has 4 heteroatoms. The lowest BCUT2D eigenvalue weighted by Gasteiger charge is -2.20. The lowest BCUT2D eigenvalue weighted by molar-refractivity contribution is -0.107. The molecule has 3 nitrogen and oxygen atoms in total. The van der Waals surface area contributed by atoms with Gasteiger partial charge in [-0.15, -0.1) is 0 Å². The van der Waals surface area contributed by atoms with Gasteiger partial charge in [0.2, 0.25) is 0 Å². The van der Waals surface area contributed by atoms with E-state index in [9.17, 15) is 9.18 Å². The van der Waals surface area contributed by atoms with E-state index < -0.39 is 0 Å². The lowest BCUT2D eigenvalue weighted by atomic mass is 10.0. The highest BCUT2D eigenvalue weighted by Crippen LogP contribution is 2.29. The minimum atomic E-state index is -0.316. The molecule has 0 aliphatic carbocycles. The molecule has 0 spiro atoms. The van der Waals surface area contributed by atoms with E-state index in [0.29, 0.717) is 30.8 Å². The summed E-state index contributed by atoms with van der Waals surface area (Å²) in [6.07, 6.45) is 1.69. The quantitative estimate of drug-likeness (QED) is 0.714. The molecule has 0 saturated heterocycles. The number of aryl methyl sites for hydroxylation is 1. The van der Waals surface area contributed by atoms with E-state index in [1.165, 1.54) is 12.1 Å². The molecular formula is C11H11FO3. The standard InChI is InChI=1S/C11H11FO3/c12-10-4-8(2-1-3-13)11-9(5-10)6-14-7-15-11/h3-5H,1-2,6-7H2. The van der Waals surface area contributed by atoms with Crippen LogP contribution >= 0.6 is 0 Å². The van der Waals surface area contributed by atoms with Crippen LogP contribution < -0.4 is 4.74 Å². The van der Waals surface area contributed by atoms with Crippen LogP contribution in [0.3, 0.4) is 0 Å². The fourth-order valence-electron chi connectivity index (χ4n) is 1.66. The van der Waals surface area contributed by atoms with Gasteiger partial charge in [0.05, 0.1) is 6.61 Å². The SMILES string of the molecule is O=CCCc1cc(F)cc2c1OCOC2. The molecule has 0 N–H and O–H groups in total. The van der Waals surface area contributed by atoms with Gasteiger partial charge in [0.1, 0.15) is 17.9 Å². The van der Waals surface area contributed by atoms with Gasteiger partial charge < -0.3 is 14.3 Å². The summed E-state index contributed by atoms with van der Waals surface area (Å²) < 4.78 is 23.5. The molecule has 0 amide bonds. The van der Waals surface area contributed by atoms with Gasteiger partial charge in [-0.2, -0.15) is 0 Å². The van der Waals surface area contributed by atoms with Crippen molar-refractivity contribution in [3.63, 3.8) is 0 Å². The van der Waals surface area contributed by atoms with Crippen molar-refractivity contribution < 1.29 is 18.7 Å². The molecule has 0 radical (unpaired) electrons. The molecule has 0 fully saturated rings. The van der Waals surface area contributed by atoms with E-state index in [4.69, 9.17) is 9.47 Å². The third-order valence-electron chi connectivity index (χ3n) is 2.28. The van der Waals surface area contributed by atoms with E-state index in [-0.39, 0.29) is 12.6 Å². The molecule has 80 valence electrons. The highest BCUT2D eigenvalue weighted by molar-refractivity contribution is 5.51. The van der Waals surface area contributed by atoms with E-state index in [0.717, 1.165) is 11.8 Å². The number of fused-ring (bicyclic) bond motifs is 1. The maximum atomic E-state index is 13.2. The number of hydrogen-bond acceptors (Lipinski definition) is 3. The van der Waals surface area contributed by atoms with Crippen LogP contribution in [0.15, 0.2) is 12.1 Å². The van der Waals surface area contributed by atoms with Crippen molar-refractivity contribution in [1.82, 2.24) is 0 Å². The first kappa shape index (κ1) is 10.1. The van der Waals surface area contributed by atoms with E-state index in [1.807, 2.05) is 0 Å². The maximum Gasteiger partial charge on any atom is 0.189 e. The summed E-state index contributed by atoms with van der Waals surface area (Å²) in [7, 11) is 0. The second-order valence-corrected chi connectivity index (χ2v) is 3.37. The van der Waals surface area contributed by atoms with Crippen LogP contribution in [0.1, 0.15) is 17.5 Å². The number of carbonyl (C=O) groups is 1. The minimum absolute atomic E-state index is 0.187. The first-order chi connectivity index (χ1) is 7.31. The predicted molar refractivity (Wildman–Crippen MR) is 51.1 cm³/mol. The van der Waals surface area contributed by atoms with Crippen LogP contribution in [0.25, 0.3) is 0 Å². The van der Waals surface area contributed by atoms with Gasteiger partial charge in [0, 0.05) is 12.0 Å². The normalized spacial score (nSPS) is 14.2. The molecule has 0 unspecified atom stereocenters. The number of hydrogen-bond donors (Lipinski definition) is 0. The Balaban J connectivity index is 2.34. The molecule has 1 heterocycles. The van der Waals surface area contributed by atoms with E-state index >= 15 is 0 Å². The van der Waals surface area contributed by atoms with Gasteiger partial charge in [-0.05, 0) is 24.1 Å². The van der Waals surface area contributed by atoms with Crippen molar-refractivity contribution >= 4 is 6.29 Å². The molecule has 0 saturated carbocycles. The summed E-state index contributed by atoms with van der Waals surface area (Å²) in [6, 6.07) is 2.81.